The Morgan fingerprint density at radius 2 is 1.37 bits per heavy atom. The summed E-state index contributed by atoms with van der Waals surface area (Å²) in [5.41, 5.74) is 6.86. The van der Waals surface area contributed by atoms with E-state index in [1.807, 2.05) is 44.2 Å². The monoisotopic (exact) mass is 1290 g/mol. The number of ether oxygens (including phenoxy) is 4. The number of aliphatic carboxylic acids is 1. The Bertz CT molecular complexity index is 2770. The summed E-state index contributed by atoms with van der Waals surface area (Å²) in [5.74, 6) is -7.54. The molecule has 26 nitrogen and oxygen atoms in total. The number of benzene rings is 2. The number of carboxylic acids is 1. The van der Waals surface area contributed by atoms with E-state index in [2.05, 4.69) is 38.5 Å². The van der Waals surface area contributed by atoms with Crippen molar-refractivity contribution in [2.75, 3.05) is 53.3 Å². The number of carboxylic acid groups (broad SMARTS) is 1. The van der Waals surface area contributed by atoms with Crippen LogP contribution in [0.3, 0.4) is 0 Å². The lowest BCUT2D eigenvalue weighted by atomic mass is 9.89. The highest BCUT2D eigenvalue weighted by Gasteiger charge is 2.44. The van der Waals surface area contributed by atoms with E-state index in [1.165, 1.54) is 32.2 Å². The molecule has 0 radical (unpaired) electrons. The maximum Gasteiger partial charge on any atom is 0.410 e. The molecule has 1 saturated heterocycles. The van der Waals surface area contributed by atoms with Crippen LogP contribution in [0, 0.1) is 29.6 Å². The van der Waals surface area contributed by atoms with Crippen molar-refractivity contribution in [3.05, 3.63) is 78.4 Å². The van der Waals surface area contributed by atoms with Gasteiger partial charge in [-0.25, -0.2) is 14.4 Å². The van der Waals surface area contributed by atoms with Crippen LogP contribution in [0.15, 0.2) is 67.3 Å². The Morgan fingerprint density at radius 3 is 1.93 bits per heavy atom. The topological polar surface area (TPSA) is 353 Å². The third-order valence-corrected chi connectivity index (χ3v) is 16.6. The third-order valence-electron chi connectivity index (χ3n) is 16.6. The van der Waals surface area contributed by atoms with Gasteiger partial charge >= 0.3 is 24.1 Å². The van der Waals surface area contributed by atoms with E-state index in [1.54, 1.807) is 84.7 Å². The predicted octanol–water partition coefficient (Wildman–Crippen LogP) is 5.06. The molecule has 10 amide bonds. The zero-order valence-electron chi connectivity index (χ0n) is 56.0. The number of esters is 1. The minimum Gasteiger partial charge on any atom is -0.481 e. The van der Waals surface area contributed by atoms with Gasteiger partial charge in [0.15, 0.2) is 0 Å². The number of urea groups is 1. The Hall–Kier alpha value is -8.13. The quantitative estimate of drug-likeness (QED) is 0.0246. The van der Waals surface area contributed by atoms with E-state index in [9.17, 15) is 52.7 Å². The van der Waals surface area contributed by atoms with Crippen LogP contribution in [-0.2, 0) is 75.1 Å². The summed E-state index contributed by atoms with van der Waals surface area (Å²) in [5, 5.41) is 25.3. The van der Waals surface area contributed by atoms with Crippen molar-refractivity contribution < 1.29 is 76.8 Å². The van der Waals surface area contributed by atoms with Gasteiger partial charge in [0, 0.05) is 66.4 Å². The maximum atomic E-state index is 14.8. The van der Waals surface area contributed by atoms with Crippen molar-refractivity contribution in [3.63, 3.8) is 0 Å². The van der Waals surface area contributed by atoms with Crippen LogP contribution in [0.1, 0.15) is 131 Å². The molecule has 92 heavy (non-hydrogen) atoms. The van der Waals surface area contributed by atoms with Gasteiger partial charge in [0.05, 0.1) is 36.6 Å². The third kappa shape index (κ3) is 24.5. The smallest absolute Gasteiger partial charge is 0.410 e. The Kier molecular flexibility index (Phi) is 33.4. The first kappa shape index (κ1) is 78.1. The number of carbonyl (C=O) groups is 11. The largest absolute Gasteiger partial charge is 0.481 e. The van der Waals surface area contributed by atoms with Gasteiger partial charge in [-0.2, -0.15) is 0 Å². The zero-order valence-corrected chi connectivity index (χ0v) is 56.0. The summed E-state index contributed by atoms with van der Waals surface area (Å²) < 4.78 is 23.1. The fourth-order valence-corrected chi connectivity index (χ4v) is 11.3. The van der Waals surface area contributed by atoms with E-state index in [-0.39, 0.29) is 76.5 Å². The Balaban J connectivity index is 1.73. The van der Waals surface area contributed by atoms with E-state index in [4.69, 9.17) is 29.8 Å². The molecule has 0 aromatic heterocycles. The summed E-state index contributed by atoms with van der Waals surface area (Å²) in [6, 6.07) is 8.25. The zero-order chi connectivity index (χ0) is 68.9. The molecular weight excluding hydrogens is 1190 g/mol. The molecule has 0 aliphatic carbocycles. The number of hydrogen-bond acceptors (Lipinski definition) is 15. The minimum absolute atomic E-state index is 0.0300. The van der Waals surface area contributed by atoms with Crippen molar-refractivity contribution in [2.45, 2.75) is 188 Å². The summed E-state index contributed by atoms with van der Waals surface area (Å²) in [7, 11) is 6.01. The van der Waals surface area contributed by atoms with Gasteiger partial charge in [-0.15, -0.1) is 0 Å². The first-order chi connectivity index (χ1) is 43.5. The second kappa shape index (κ2) is 39.3. The van der Waals surface area contributed by atoms with E-state index < -0.39 is 138 Å². The number of primary amides is 1. The molecule has 1 aliphatic rings. The number of carbonyl (C=O) groups excluding carboxylic acids is 10. The highest BCUT2D eigenvalue weighted by atomic mass is 16.6. The first-order valence-electron chi connectivity index (χ1n) is 31.7. The summed E-state index contributed by atoms with van der Waals surface area (Å²) >= 11 is 0. The Labute approximate surface area is 541 Å². The molecule has 3 rings (SSSR count). The van der Waals surface area contributed by atoms with Crippen LogP contribution in [-0.4, -0.2) is 188 Å². The second-order valence-electron chi connectivity index (χ2n) is 24.6. The molecule has 9 N–H and O–H groups in total. The fraction of sp³-hybridized carbons (Fsp3) is 0.621. The number of likely N-dealkylation sites (tertiary alicyclic amines) is 1. The molecule has 26 heteroatoms. The second-order valence-corrected chi connectivity index (χ2v) is 24.6. The standard InChI is InChI=1S/C66H102N10O16/c1-15-35-91-64(86)48(36-44-23-18-17-19-24-44)71-59(81)43(10)58(90-14)49-26-22-34-76(49)52(78)37-50(89-13)57(42(9)16-2)74(11)63(85)55(40(5)6)73-62(84)56(41(7)8)75(12)66(88)92-38-45-29-31-46(32-30-45)69-60(82)47(25-21-33-68-65(67)87)70-61(83)54(39(3)4)72-51(77)27-20-28-53(79)80/h15,17-19,23-24,29-32,39-43,47-50,54-58H,1,16,20-22,25-28,33-38H2,2-14H3,(H,69,82)(H,70,83)(H,71,81)(H,72,77)(H,73,84)(H,79,80)(H3,67,68,87)/t42-,43+,47-,48-,49-,50+,54-,55-,56-,57-,58+/m0/s1. The van der Waals surface area contributed by atoms with E-state index in [0.717, 1.165) is 10.5 Å². The van der Waals surface area contributed by atoms with Crippen LogP contribution in [0.4, 0.5) is 15.3 Å². The molecule has 512 valence electrons. The molecule has 2 aromatic rings. The highest BCUT2D eigenvalue weighted by Crippen LogP contribution is 2.30. The minimum atomic E-state index is -1.13. The first-order valence-corrected chi connectivity index (χ1v) is 31.7. The lowest BCUT2D eigenvalue weighted by molar-refractivity contribution is -0.149. The van der Waals surface area contributed by atoms with Crippen LogP contribution < -0.4 is 37.6 Å². The molecule has 1 fully saturated rings. The van der Waals surface area contributed by atoms with Crippen molar-refractivity contribution in [3.8, 4) is 0 Å². The molecule has 0 bridgehead atoms. The summed E-state index contributed by atoms with van der Waals surface area (Å²) in [6.45, 7) is 19.9. The number of likely N-dealkylation sites (N-methyl/N-ethyl adjacent to an activating group) is 2. The molecule has 0 saturated carbocycles. The van der Waals surface area contributed by atoms with Gasteiger partial charge in [0.1, 0.15) is 43.4 Å². The average molecular weight is 1290 g/mol. The van der Waals surface area contributed by atoms with E-state index in [0.29, 0.717) is 37.1 Å². The van der Waals surface area contributed by atoms with Crippen LogP contribution >= 0.6 is 0 Å². The molecule has 1 heterocycles. The van der Waals surface area contributed by atoms with Gasteiger partial charge < -0.3 is 71.5 Å². The molecule has 2 aromatic carbocycles. The normalized spacial score (nSPS) is 16.2. The fourth-order valence-electron chi connectivity index (χ4n) is 11.3. The number of rotatable bonds is 39. The molecule has 0 spiro atoms. The number of nitrogens with two attached hydrogens (primary N) is 1. The molecular formula is C66H102N10O16. The van der Waals surface area contributed by atoms with Crippen molar-refractivity contribution in [1.82, 2.24) is 41.3 Å². The maximum absolute atomic E-state index is 14.8. The van der Waals surface area contributed by atoms with Gasteiger partial charge in [0.25, 0.3) is 0 Å². The highest BCUT2D eigenvalue weighted by molar-refractivity contribution is 5.98. The number of amides is 10. The number of hydrogen-bond donors (Lipinski definition) is 8. The van der Waals surface area contributed by atoms with Gasteiger partial charge in [-0.05, 0) is 79.0 Å². The Morgan fingerprint density at radius 1 is 0.728 bits per heavy atom. The SMILES string of the molecule is C=CCOC(=O)[C@H](Cc1ccccc1)NC(=O)[C@H](C)[C@@H](OC)[C@@H]1CCCN1C(=O)C[C@@H](OC)[C@H]([C@@H](C)CC)N(C)C(=O)[C@@H](NC(=O)[C@H](C(C)C)N(C)C(=O)OCc1ccc(NC(=O)[C@H](CCCNC(N)=O)NC(=O)[C@@H](NC(=O)CCCC(=O)O)C(C)C)cc1)C(C)C. The summed E-state index contributed by atoms with van der Waals surface area (Å²) in [4.78, 5) is 151. The van der Waals surface area contributed by atoms with Crippen molar-refractivity contribution >= 4 is 71.1 Å². The van der Waals surface area contributed by atoms with Gasteiger partial charge in [0.2, 0.25) is 41.4 Å². The van der Waals surface area contributed by atoms with E-state index >= 15 is 0 Å². The van der Waals surface area contributed by atoms with Crippen molar-refractivity contribution in [2.24, 2.45) is 35.3 Å². The van der Waals surface area contributed by atoms with Crippen LogP contribution in [0.25, 0.3) is 0 Å². The number of anilines is 1. The van der Waals surface area contributed by atoms with Crippen molar-refractivity contribution in [1.29, 1.82) is 0 Å². The number of nitrogens with one attached hydrogen (secondary N) is 6. The predicted molar refractivity (Wildman–Crippen MR) is 345 cm³/mol. The molecule has 11 atom stereocenters. The van der Waals surface area contributed by atoms with Crippen LogP contribution in [0.2, 0.25) is 0 Å². The lowest BCUT2D eigenvalue weighted by Gasteiger charge is -2.41. The molecule has 1 aliphatic heterocycles. The van der Waals surface area contributed by atoms with Gasteiger partial charge in [-0.3, -0.25) is 43.3 Å². The summed E-state index contributed by atoms with van der Waals surface area (Å²) in [6.07, 6.45) is 0.924. The number of nitrogens with zero attached hydrogens (tertiary/aromatic N) is 3. The average Bonchev–Trinajstić information content (AvgIpc) is 1.67. The molecule has 0 unspecified atom stereocenters. The number of methoxy groups -OCH3 is 2. The lowest BCUT2D eigenvalue weighted by Crippen LogP contribution is -2.60. The van der Waals surface area contributed by atoms with Gasteiger partial charge in [-0.1, -0.05) is 124 Å². The van der Waals surface area contributed by atoms with Crippen LogP contribution in [0.5, 0.6) is 0 Å².